The number of H-pyrrole nitrogens is 1. The number of rotatable bonds is 13. The monoisotopic (exact) mass is 507 g/mol. The molecule has 35 heavy (non-hydrogen) atoms. The second kappa shape index (κ2) is 13.1. The van der Waals surface area contributed by atoms with Crippen LogP contribution in [0, 0.1) is 0 Å². The highest BCUT2D eigenvalue weighted by Crippen LogP contribution is 2.18. The second-order valence-electron chi connectivity index (χ2n) is 8.31. The van der Waals surface area contributed by atoms with E-state index in [0.717, 1.165) is 16.5 Å². The standard InChI is InChI=1S/C23H33N5O6S/c1-12(26-21(31)16(24)10-14-11-25-17-7-5-4-6-15(14)17)20(30)28-19(13(2)29)22(32)27-18(23(33)34)8-9-35-3/h4-7,11-13,16,18-19,25,29H,8-10,24H2,1-3H3,(H,26,31)(H,27,32)(H,28,30)(H,33,34). The first-order chi connectivity index (χ1) is 16.5. The van der Waals surface area contributed by atoms with E-state index in [1.54, 1.807) is 6.20 Å². The second-order valence-corrected chi connectivity index (χ2v) is 9.29. The summed E-state index contributed by atoms with van der Waals surface area (Å²) in [6.07, 6.45) is 2.71. The van der Waals surface area contributed by atoms with E-state index >= 15 is 0 Å². The Hall–Kier alpha value is -3.09. The van der Waals surface area contributed by atoms with Gasteiger partial charge in [-0.3, -0.25) is 14.4 Å². The van der Waals surface area contributed by atoms with Gasteiger partial charge in [0.25, 0.3) is 0 Å². The Morgan fingerprint density at radius 1 is 1.06 bits per heavy atom. The van der Waals surface area contributed by atoms with E-state index in [9.17, 15) is 29.4 Å². The molecular formula is C23H33N5O6S. The van der Waals surface area contributed by atoms with Crippen LogP contribution in [-0.4, -0.2) is 81.2 Å². The third-order valence-electron chi connectivity index (χ3n) is 5.49. The van der Waals surface area contributed by atoms with Crippen LogP contribution in [0.4, 0.5) is 0 Å². The third kappa shape index (κ3) is 7.98. The first-order valence-electron chi connectivity index (χ1n) is 11.2. The minimum atomic E-state index is -1.40. The molecule has 0 saturated carbocycles. The maximum absolute atomic E-state index is 12.6. The number of carbonyl (C=O) groups is 4. The molecule has 192 valence electrons. The van der Waals surface area contributed by atoms with Gasteiger partial charge in [-0.1, -0.05) is 18.2 Å². The van der Waals surface area contributed by atoms with Gasteiger partial charge in [-0.05, 0) is 50.3 Å². The van der Waals surface area contributed by atoms with Gasteiger partial charge in [0.05, 0.1) is 12.1 Å². The minimum Gasteiger partial charge on any atom is -0.480 e. The smallest absolute Gasteiger partial charge is 0.326 e. The molecule has 0 radical (unpaired) electrons. The highest BCUT2D eigenvalue weighted by molar-refractivity contribution is 7.98. The summed E-state index contributed by atoms with van der Waals surface area (Å²) in [7, 11) is 0. The first kappa shape index (κ1) is 28.1. The summed E-state index contributed by atoms with van der Waals surface area (Å²) in [5.74, 6) is -2.83. The fourth-order valence-electron chi connectivity index (χ4n) is 3.45. The lowest BCUT2D eigenvalue weighted by molar-refractivity contribution is -0.143. The number of aromatic nitrogens is 1. The largest absolute Gasteiger partial charge is 0.480 e. The summed E-state index contributed by atoms with van der Waals surface area (Å²) in [6.45, 7) is 2.71. The van der Waals surface area contributed by atoms with Crippen molar-refractivity contribution >= 4 is 46.4 Å². The summed E-state index contributed by atoms with van der Waals surface area (Å²) in [6, 6.07) is 3.05. The fourth-order valence-corrected chi connectivity index (χ4v) is 3.93. The highest BCUT2D eigenvalue weighted by atomic mass is 32.2. The number of nitrogens with two attached hydrogens (primary N) is 1. The van der Waals surface area contributed by atoms with E-state index in [2.05, 4.69) is 20.9 Å². The van der Waals surface area contributed by atoms with Crippen molar-refractivity contribution in [3.8, 4) is 0 Å². The van der Waals surface area contributed by atoms with Crippen molar-refractivity contribution in [2.24, 2.45) is 5.73 Å². The molecule has 0 fully saturated rings. The van der Waals surface area contributed by atoms with Crippen molar-refractivity contribution in [3.05, 3.63) is 36.0 Å². The Kier molecular flexibility index (Phi) is 10.6. The lowest BCUT2D eigenvalue weighted by Gasteiger charge is -2.25. The van der Waals surface area contributed by atoms with Gasteiger partial charge in [-0.25, -0.2) is 4.79 Å². The number of benzene rings is 1. The number of amides is 3. The number of carbonyl (C=O) groups excluding carboxylic acids is 3. The van der Waals surface area contributed by atoms with Gasteiger partial charge in [-0.2, -0.15) is 11.8 Å². The quantitative estimate of drug-likeness (QED) is 0.193. The molecule has 2 rings (SSSR count). The van der Waals surface area contributed by atoms with E-state index in [1.807, 2.05) is 30.5 Å². The first-order valence-corrected chi connectivity index (χ1v) is 12.6. The third-order valence-corrected chi connectivity index (χ3v) is 6.14. The summed E-state index contributed by atoms with van der Waals surface area (Å²) in [4.78, 5) is 52.3. The summed E-state index contributed by atoms with van der Waals surface area (Å²) in [5, 5.41) is 27.5. The maximum atomic E-state index is 12.6. The average Bonchev–Trinajstić information content (AvgIpc) is 3.21. The predicted molar refractivity (Wildman–Crippen MR) is 134 cm³/mol. The Labute approximate surface area is 207 Å². The molecule has 0 saturated heterocycles. The zero-order chi connectivity index (χ0) is 26.1. The number of aromatic amines is 1. The normalized spacial score (nSPS) is 15.5. The molecule has 11 nitrogen and oxygen atoms in total. The van der Waals surface area contributed by atoms with Crippen LogP contribution in [0.5, 0.6) is 0 Å². The molecule has 1 aromatic heterocycles. The number of aliphatic hydroxyl groups excluding tert-OH is 1. The van der Waals surface area contributed by atoms with Crippen molar-refractivity contribution in [1.82, 2.24) is 20.9 Å². The average molecular weight is 508 g/mol. The zero-order valence-corrected chi connectivity index (χ0v) is 20.7. The van der Waals surface area contributed by atoms with Gasteiger partial charge >= 0.3 is 5.97 Å². The number of carboxylic acid groups (broad SMARTS) is 1. The molecule has 0 spiro atoms. The Balaban J connectivity index is 1.95. The van der Waals surface area contributed by atoms with E-state index in [-0.39, 0.29) is 12.8 Å². The van der Waals surface area contributed by atoms with Crippen LogP contribution in [0.2, 0.25) is 0 Å². The highest BCUT2D eigenvalue weighted by Gasteiger charge is 2.31. The Morgan fingerprint density at radius 3 is 2.37 bits per heavy atom. The van der Waals surface area contributed by atoms with Crippen molar-refractivity contribution in [1.29, 1.82) is 0 Å². The van der Waals surface area contributed by atoms with Gasteiger partial charge in [0.2, 0.25) is 17.7 Å². The number of fused-ring (bicyclic) bond motifs is 1. The number of carboxylic acids is 1. The van der Waals surface area contributed by atoms with Gasteiger partial charge in [0.15, 0.2) is 0 Å². The van der Waals surface area contributed by atoms with E-state index in [1.165, 1.54) is 25.6 Å². The molecule has 0 bridgehead atoms. The van der Waals surface area contributed by atoms with E-state index < -0.39 is 54.0 Å². The number of thioether (sulfide) groups is 1. The van der Waals surface area contributed by atoms with Gasteiger partial charge in [-0.15, -0.1) is 0 Å². The Morgan fingerprint density at radius 2 is 1.74 bits per heavy atom. The van der Waals surface area contributed by atoms with Gasteiger partial charge in [0.1, 0.15) is 18.1 Å². The Bertz CT molecular complexity index is 1040. The molecule has 1 aromatic carbocycles. The van der Waals surface area contributed by atoms with Gasteiger partial charge in [0, 0.05) is 17.1 Å². The van der Waals surface area contributed by atoms with Crippen LogP contribution in [-0.2, 0) is 25.6 Å². The van der Waals surface area contributed by atoms with Crippen molar-refractivity contribution in [2.45, 2.75) is 57.0 Å². The molecule has 0 aliphatic heterocycles. The van der Waals surface area contributed by atoms with Crippen LogP contribution < -0.4 is 21.7 Å². The number of nitrogens with one attached hydrogen (secondary N) is 4. The van der Waals surface area contributed by atoms with E-state index in [0.29, 0.717) is 5.75 Å². The van der Waals surface area contributed by atoms with Crippen molar-refractivity contribution in [3.63, 3.8) is 0 Å². The number of para-hydroxylation sites is 1. The fraction of sp³-hybridized carbons (Fsp3) is 0.478. The zero-order valence-electron chi connectivity index (χ0n) is 19.9. The minimum absolute atomic E-state index is 0.184. The van der Waals surface area contributed by atoms with Crippen molar-refractivity contribution in [2.75, 3.05) is 12.0 Å². The molecular weight excluding hydrogens is 474 g/mol. The molecule has 1 heterocycles. The summed E-state index contributed by atoms with van der Waals surface area (Å²) in [5.41, 5.74) is 7.83. The molecule has 0 aliphatic carbocycles. The number of aliphatic carboxylic acids is 1. The molecule has 5 atom stereocenters. The molecule has 3 amide bonds. The number of hydrogen-bond donors (Lipinski definition) is 7. The van der Waals surface area contributed by atoms with Crippen LogP contribution in [0.1, 0.15) is 25.8 Å². The number of aliphatic hydroxyl groups is 1. The molecule has 0 aliphatic rings. The van der Waals surface area contributed by atoms with Crippen LogP contribution >= 0.6 is 11.8 Å². The molecule has 2 aromatic rings. The lowest BCUT2D eigenvalue weighted by Crippen LogP contribution is -2.59. The summed E-state index contributed by atoms with van der Waals surface area (Å²) < 4.78 is 0. The predicted octanol–water partition coefficient (Wildman–Crippen LogP) is -0.269. The molecule has 8 N–H and O–H groups in total. The van der Waals surface area contributed by atoms with Crippen LogP contribution in [0.15, 0.2) is 30.5 Å². The van der Waals surface area contributed by atoms with Crippen molar-refractivity contribution < 1.29 is 29.4 Å². The maximum Gasteiger partial charge on any atom is 0.326 e. The SMILES string of the molecule is CSCCC(NC(=O)C(NC(=O)C(C)NC(=O)C(N)Cc1c[nH]c2ccccc12)C(C)O)C(=O)O. The van der Waals surface area contributed by atoms with E-state index in [4.69, 9.17) is 5.73 Å². The molecule has 5 unspecified atom stereocenters. The van der Waals surface area contributed by atoms with Crippen LogP contribution in [0.3, 0.4) is 0 Å². The molecule has 12 heteroatoms. The summed E-state index contributed by atoms with van der Waals surface area (Å²) >= 11 is 1.43. The number of hydrogen-bond acceptors (Lipinski definition) is 7. The topological polar surface area (TPSA) is 187 Å². The van der Waals surface area contributed by atoms with Crippen LogP contribution in [0.25, 0.3) is 10.9 Å². The lowest BCUT2D eigenvalue weighted by atomic mass is 10.0. The van der Waals surface area contributed by atoms with Gasteiger partial charge < -0.3 is 36.9 Å².